The molecule has 0 saturated carbocycles. The van der Waals surface area contributed by atoms with Crippen LogP contribution in [0.3, 0.4) is 0 Å². The van der Waals surface area contributed by atoms with Crippen molar-refractivity contribution in [3.8, 4) is 0 Å². The van der Waals surface area contributed by atoms with Crippen molar-refractivity contribution in [2.45, 2.75) is 18.9 Å². The molecule has 14 heavy (non-hydrogen) atoms. The molecule has 0 aliphatic carbocycles. The Hall–Kier alpha value is 2.28. The molecule has 0 aromatic carbocycles. The zero-order valence-corrected chi connectivity index (χ0v) is 16.3. The van der Waals surface area contributed by atoms with Gasteiger partial charge in [0.2, 0.25) is 0 Å². The van der Waals surface area contributed by atoms with Gasteiger partial charge in [0.05, 0.1) is 6.61 Å². The number of hydrogen-bond acceptors (Lipinski definition) is 4. The van der Waals surface area contributed by atoms with E-state index in [0.29, 0.717) is 0 Å². The van der Waals surface area contributed by atoms with E-state index in [1.54, 1.807) is 7.11 Å². The van der Waals surface area contributed by atoms with Gasteiger partial charge < -0.3 is 28.7 Å². The first-order valence-electron chi connectivity index (χ1n) is 4.48. The summed E-state index contributed by atoms with van der Waals surface area (Å²) in [6.07, 6.45) is 5.09. The summed E-state index contributed by atoms with van der Waals surface area (Å²) in [6.45, 7) is 2.79. The van der Waals surface area contributed by atoms with E-state index in [4.69, 9.17) is 4.74 Å². The summed E-state index contributed by atoms with van der Waals surface area (Å²) in [5.74, 6) is 0. The number of rotatable bonds is 4. The topological polar surface area (TPSA) is 35.5 Å². The van der Waals surface area contributed by atoms with Gasteiger partial charge in [-0.15, -0.1) is 6.61 Å². The summed E-state index contributed by atoms with van der Waals surface area (Å²) >= 11 is 3.83. The minimum Gasteiger partial charge on any atom is -1.02 e. The van der Waals surface area contributed by atoms with Gasteiger partial charge in [-0.1, -0.05) is 0 Å². The molecule has 0 aromatic heterocycles. The Labute approximate surface area is 152 Å². The number of hydrogen-bond donors (Lipinski definition) is 0. The molecule has 0 bridgehead atoms. The van der Waals surface area contributed by atoms with Crippen LogP contribution in [0, 0.1) is 6.26 Å². The Kier molecular flexibility index (Phi) is 17.8. The van der Waals surface area contributed by atoms with Crippen molar-refractivity contribution in [1.29, 1.82) is 0 Å². The summed E-state index contributed by atoms with van der Waals surface area (Å²) < 4.78 is 4.95. The largest absolute Gasteiger partial charge is 1.02 e. The van der Waals surface area contributed by atoms with Gasteiger partial charge in [-0.25, -0.2) is 0 Å². The van der Waals surface area contributed by atoms with Crippen LogP contribution >= 0.6 is 0 Å². The average molecular weight is 337 g/mol. The molecule has 1 saturated heterocycles. The van der Waals surface area contributed by atoms with Gasteiger partial charge in [-0.2, -0.15) is 0 Å². The molecule has 0 N–H and O–H groups in total. The van der Waals surface area contributed by atoms with Crippen LogP contribution in [0.5, 0.6) is 0 Å². The van der Waals surface area contributed by atoms with E-state index in [2.05, 4.69) is 23.8 Å². The number of ether oxygens (including phenoxy) is 1. The van der Waals surface area contributed by atoms with Crippen LogP contribution in [-0.2, 0) is 17.4 Å². The van der Waals surface area contributed by atoms with Crippen molar-refractivity contribution < 1.29 is 78.7 Å². The van der Waals surface area contributed by atoms with Gasteiger partial charge in [0.1, 0.15) is 0 Å². The maximum atomic E-state index is 10.6. The molecular weight excluding hydrogens is 319 g/mol. The van der Waals surface area contributed by atoms with E-state index in [0.717, 1.165) is 26.1 Å². The van der Waals surface area contributed by atoms with Gasteiger partial charge in [-0.3, -0.25) is 4.90 Å². The van der Waals surface area contributed by atoms with Gasteiger partial charge in [0, 0.05) is 13.7 Å². The predicted molar refractivity (Wildman–Crippen MR) is 54.1 cm³/mol. The Balaban J connectivity index is 0. The molecule has 0 aromatic rings. The molecule has 1 rings (SSSR count). The summed E-state index contributed by atoms with van der Waals surface area (Å²) in [4.78, 5) is 2.23. The molecule has 0 spiro atoms. The van der Waals surface area contributed by atoms with E-state index < -0.39 is 0 Å². The molecule has 0 amide bonds. The fraction of sp³-hybridized carbons (Fsp3) is 0.889. The summed E-state index contributed by atoms with van der Waals surface area (Å²) in [7, 11) is 1.70. The van der Waals surface area contributed by atoms with Crippen molar-refractivity contribution in [3.63, 3.8) is 0 Å². The average Bonchev–Trinajstić information content (AvgIpc) is 2.65. The number of methoxy groups -OCH3 is 1. The predicted octanol–water partition coefficient (Wildman–Crippen LogP) is -3.21. The second kappa shape index (κ2) is 13.3. The molecule has 1 fully saturated rings. The second-order valence-electron chi connectivity index (χ2n) is 2.99. The zero-order valence-electron chi connectivity index (χ0n) is 9.20. The third kappa shape index (κ3) is 7.54. The monoisotopic (exact) mass is 337 g/mol. The van der Waals surface area contributed by atoms with Gasteiger partial charge in [0.15, 0.2) is 0 Å². The van der Waals surface area contributed by atoms with E-state index in [1.165, 1.54) is 6.42 Å². The van der Waals surface area contributed by atoms with Crippen molar-refractivity contribution in [2.24, 2.45) is 0 Å². The van der Waals surface area contributed by atoms with E-state index in [9.17, 15) is 5.11 Å². The molecule has 0 unspecified atom stereocenters. The molecule has 0 radical (unpaired) electrons. The van der Waals surface area contributed by atoms with Crippen molar-refractivity contribution >= 4 is 12.6 Å². The molecule has 1 aliphatic heterocycles. The molecule has 80 valence electrons. The minimum absolute atomic E-state index is 0. The first kappa shape index (κ1) is 18.6. The molecule has 1 heterocycles. The SMILES string of the molecule is COCCN1CCC[C@H]1C[O-].[CH2-][S-].[Cs+]. The molecular formula is C9H18CsNO2S-2. The normalized spacial score (nSPS) is 21.0. The smallest absolute Gasteiger partial charge is 1.00 e. The first-order valence-corrected chi connectivity index (χ1v) is 5.06. The molecule has 1 atom stereocenters. The Bertz CT molecular complexity index is 119. The Morgan fingerprint density at radius 1 is 1.57 bits per heavy atom. The minimum atomic E-state index is 0. The van der Waals surface area contributed by atoms with Crippen LogP contribution in [0.25, 0.3) is 0 Å². The zero-order chi connectivity index (χ0) is 10.1. The molecule has 3 nitrogen and oxygen atoms in total. The van der Waals surface area contributed by atoms with Crippen LogP contribution in [0.2, 0.25) is 0 Å². The maximum absolute atomic E-state index is 10.6. The van der Waals surface area contributed by atoms with E-state index in [1.807, 2.05) is 0 Å². The Morgan fingerprint density at radius 3 is 2.71 bits per heavy atom. The third-order valence-electron chi connectivity index (χ3n) is 2.27. The van der Waals surface area contributed by atoms with Crippen molar-refractivity contribution in [1.82, 2.24) is 4.90 Å². The van der Waals surface area contributed by atoms with Gasteiger partial charge in [-0.05, 0) is 25.4 Å². The van der Waals surface area contributed by atoms with Gasteiger partial charge >= 0.3 is 68.9 Å². The summed E-state index contributed by atoms with van der Waals surface area (Å²) in [6, 6.07) is 0.283. The van der Waals surface area contributed by atoms with Crippen molar-refractivity contribution in [2.75, 3.05) is 33.4 Å². The van der Waals surface area contributed by atoms with Crippen LogP contribution in [0.15, 0.2) is 0 Å². The van der Waals surface area contributed by atoms with Crippen LogP contribution in [-0.4, -0.2) is 44.4 Å². The van der Waals surface area contributed by atoms with Crippen LogP contribution in [0.4, 0.5) is 0 Å². The summed E-state index contributed by atoms with van der Waals surface area (Å²) in [5, 5.41) is 10.6. The number of likely N-dealkylation sites (tertiary alicyclic amines) is 1. The fourth-order valence-corrected chi connectivity index (χ4v) is 1.59. The Morgan fingerprint density at radius 2 is 2.21 bits per heavy atom. The van der Waals surface area contributed by atoms with Gasteiger partial charge in [0.25, 0.3) is 0 Å². The van der Waals surface area contributed by atoms with E-state index in [-0.39, 0.29) is 81.5 Å². The summed E-state index contributed by atoms with van der Waals surface area (Å²) in [5.41, 5.74) is 0. The third-order valence-corrected chi connectivity index (χ3v) is 2.27. The second-order valence-corrected chi connectivity index (χ2v) is 2.99. The fourth-order valence-electron chi connectivity index (χ4n) is 1.59. The molecule has 5 heteroatoms. The van der Waals surface area contributed by atoms with Crippen LogP contribution in [0.1, 0.15) is 12.8 Å². The van der Waals surface area contributed by atoms with Crippen LogP contribution < -0.4 is 74.0 Å². The quantitative estimate of drug-likeness (QED) is 0.400. The number of nitrogens with zero attached hydrogens (tertiary/aromatic N) is 1. The standard InChI is InChI=1S/C8H16NO2.CH2S.Cs/c1-11-6-5-9-4-2-3-8(9)7-10;1-2;/h8H,2-7H2,1H3;1H2;/q-1;-2;+1/t8-;;/m0../s1. The first-order chi connectivity index (χ1) is 6.38. The van der Waals surface area contributed by atoms with E-state index >= 15 is 0 Å². The maximum Gasteiger partial charge on any atom is 1.00 e. The molecule has 1 aliphatic rings. The van der Waals surface area contributed by atoms with Crippen molar-refractivity contribution in [3.05, 3.63) is 6.26 Å².